The van der Waals surface area contributed by atoms with Crippen LogP contribution in [0.15, 0.2) is 53.2 Å². The van der Waals surface area contributed by atoms with Gasteiger partial charge in [-0.25, -0.2) is 0 Å². The molecule has 0 saturated heterocycles. The van der Waals surface area contributed by atoms with Gasteiger partial charge in [0.25, 0.3) is 5.91 Å². The molecule has 0 saturated carbocycles. The first-order valence-corrected chi connectivity index (χ1v) is 8.00. The summed E-state index contributed by atoms with van der Waals surface area (Å²) in [4.78, 5) is 30.8. The lowest BCUT2D eigenvalue weighted by molar-refractivity contribution is -0.134. The number of carbonyl (C=O) groups is 2. The molecule has 124 valence electrons. The molecule has 24 heavy (non-hydrogen) atoms. The largest absolute Gasteiger partial charge is 0.350 e. The highest BCUT2D eigenvalue weighted by Crippen LogP contribution is 2.30. The molecule has 5 heteroatoms. The third-order valence-electron chi connectivity index (χ3n) is 4.48. The number of benzene rings is 1. The molecule has 1 aromatic carbocycles. The zero-order valence-corrected chi connectivity index (χ0v) is 14.2. The van der Waals surface area contributed by atoms with E-state index in [-0.39, 0.29) is 18.2 Å². The lowest BCUT2D eigenvalue weighted by Crippen LogP contribution is -2.60. The van der Waals surface area contributed by atoms with Crippen molar-refractivity contribution in [3.05, 3.63) is 59.3 Å². The van der Waals surface area contributed by atoms with Gasteiger partial charge in [0.05, 0.1) is 6.42 Å². The van der Waals surface area contributed by atoms with E-state index in [9.17, 15) is 9.59 Å². The van der Waals surface area contributed by atoms with Crippen LogP contribution in [0.4, 0.5) is 0 Å². The second kappa shape index (κ2) is 6.07. The van der Waals surface area contributed by atoms with Gasteiger partial charge in [0.1, 0.15) is 11.4 Å². The molecule has 2 amide bonds. The first kappa shape index (κ1) is 16.2. The number of aryl methyl sites for hydroxylation is 1. The molecule has 1 unspecified atom stereocenters. The van der Waals surface area contributed by atoms with Gasteiger partial charge in [-0.15, -0.1) is 0 Å². The minimum Gasteiger partial charge on any atom is -0.350 e. The van der Waals surface area contributed by atoms with Gasteiger partial charge in [0, 0.05) is 12.7 Å². The predicted octanol–water partition coefficient (Wildman–Crippen LogP) is 2.47. The fourth-order valence-electron chi connectivity index (χ4n) is 2.95. The standard InChI is InChI=1S/C19H21N3O2/c1-13-6-8-15(9-7-13)12-20-18(24)19(3)11-16(23)21-17-14(2)5-4-10-22(17)19/h4-10H,11-12H2,1-3H3,(H,20,24). The van der Waals surface area contributed by atoms with Crippen molar-refractivity contribution in [2.45, 2.75) is 39.3 Å². The fraction of sp³-hybridized carbons (Fsp3) is 0.316. The van der Waals surface area contributed by atoms with E-state index in [1.54, 1.807) is 11.8 Å². The first-order valence-electron chi connectivity index (χ1n) is 8.00. The zero-order valence-electron chi connectivity index (χ0n) is 14.2. The Bertz CT molecular complexity index is 774. The number of nitrogens with one attached hydrogen (secondary N) is 1. The fourth-order valence-corrected chi connectivity index (χ4v) is 2.95. The molecule has 0 bridgehead atoms. The minimum absolute atomic E-state index is 0.0633. The topological polar surface area (TPSA) is 61.8 Å². The van der Waals surface area contributed by atoms with E-state index in [1.165, 1.54) is 5.56 Å². The summed E-state index contributed by atoms with van der Waals surface area (Å²) in [5.74, 6) is 0.113. The van der Waals surface area contributed by atoms with E-state index in [0.29, 0.717) is 12.4 Å². The summed E-state index contributed by atoms with van der Waals surface area (Å²) in [6.45, 7) is 6.13. The predicted molar refractivity (Wildman–Crippen MR) is 93.2 cm³/mol. The maximum atomic E-state index is 12.9. The lowest BCUT2D eigenvalue weighted by atomic mass is 9.90. The van der Waals surface area contributed by atoms with Gasteiger partial charge < -0.3 is 10.2 Å². The molecule has 0 aromatic heterocycles. The van der Waals surface area contributed by atoms with Crippen LogP contribution < -0.4 is 5.32 Å². The summed E-state index contributed by atoms with van der Waals surface area (Å²) in [6, 6.07) is 8.01. The molecule has 0 radical (unpaired) electrons. The third kappa shape index (κ3) is 2.89. The number of allylic oxidation sites excluding steroid dienone is 2. The summed E-state index contributed by atoms with van der Waals surface area (Å²) in [5, 5.41) is 2.96. The Morgan fingerprint density at radius 2 is 2.00 bits per heavy atom. The number of hydrogen-bond donors (Lipinski definition) is 1. The molecule has 1 aromatic rings. The number of carbonyl (C=O) groups excluding carboxylic acids is 2. The van der Waals surface area contributed by atoms with Crippen molar-refractivity contribution in [2.24, 2.45) is 4.99 Å². The Kier molecular flexibility index (Phi) is 4.09. The molecule has 5 nitrogen and oxygen atoms in total. The molecule has 2 heterocycles. The molecule has 2 aliphatic rings. The van der Waals surface area contributed by atoms with Crippen molar-refractivity contribution < 1.29 is 9.59 Å². The van der Waals surface area contributed by atoms with Gasteiger partial charge in [-0.1, -0.05) is 35.9 Å². The molecule has 1 N–H and O–H groups in total. The van der Waals surface area contributed by atoms with Crippen molar-refractivity contribution in [2.75, 3.05) is 0 Å². The summed E-state index contributed by atoms with van der Waals surface area (Å²) in [7, 11) is 0. The van der Waals surface area contributed by atoms with Gasteiger partial charge in [0.2, 0.25) is 5.91 Å². The second-order valence-electron chi connectivity index (χ2n) is 6.51. The van der Waals surface area contributed by atoms with Crippen LogP contribution in [0.2, 0.25) is 0 Å². The van der Waals surface area contributed by atoms with Crippen molar-refractivity contribution in [3.63, 3.8) is 0 Å². The molecule has 3 rings (SSSR count). The number of amidine groups is 1. The summed E-state index contributed by atoms with van der Waals surface area (Å²) in [5.41, 5.74) is 2.11. The Morgan fingerprint density at radius 1 is 1.29 bits per heavy atom. The van der Waals surface area contributed by atoms with E-state index in [0.717, 1.165) is 11.1 Å². The van der Waals surface area contributed by atoms with Crippen molar-refractivity contribution in [1.82, 2.24) is 10.2 Å². The van der Waals surface area contributed by atoms with Crippen molar-refractivity contribution >= 4 is 17.6 Å². The minimum atomic E-state index is -0.967. The zero-order chi connectivity index (χ0) is 17.3. The van der Waals surface area contributed by atoms with Crippen LogP contribution in [-0.4, -0.2) is 28.1 Å². The van der Waals surface area contributed by atoms with E-state index in [4.69, 9.17) is 0 Å². The van der Waals surface area contributed by atoms with Crippen LogP contribution in [0.5, 0.6) is 0 Å². The highest BCUT2D eigenvalue weighted by molar-refractivity contribution is 6.11. The van der Waals surface area contributed by atoms with Crippen molar-refractivity contribution in [3.8, 4) is 0 Å². The summed E-state index contributed by atoms with van der Waals surface area (Å²) >= 11 is 0. The van der Waals surface area contributed by atoms with Crippen LogP contribution in [-0.2, 0) is 16.1 Å². The van der Waals surface area contributed by atoms with Gasteiger partial charge >= 0.3 is 0 Å². The molecule has 1 atom stereocenters. The summed E-state index contributed by atoms with van der Waals surface area (Å²) < 4.78 is 0. The first-order chi connectivity index (χ1) is 11.4. The Balaban J connectivity index is 1.79. The Labute approximate surface area is 141 Å². The Hall–Kier alpha value is -2.69. The third-order valence-corrected chi connectivity index (χ3v) is 4.48. The van der Waals surface area contributed by atoms with E-state index < -0.39 is 5.54 Å². The van der Waals surface area contributed by atoms with Crippen LogP contribution in [0, 0.1) is 6.92 Å². The van der Waals surface area contributed by atoms with Crippen molar-refractivity contribution in [1.29, 1.82) is 0 Å². The number of hydrogen-bond acceptors (Lipinski definition) is 3. The number of amides is 2. The maximum Gasteiger partial charge on any atom is 0.250 e. The van der Waals surface area contributed by atoms with E-state index in [1.807, 2.05) is 56.5 Å². The second-order valence-corrected chi connectivity index (χ2v) is 6.51. The van der Waals surface area contributed by atoms with Gasteiger partial charge in [0.15, 0.2) is 0 Å². The molecular weight excluding hydrogens is 302 g/mol. The monoisotopic (exact) mass is 323 g/mol. The number of fused-ring (bicyclic) bond motifs is 1. The highest BCUT2D eigenvalue weighted by Gasteiger charge is 2.45. The molecule has 0 spiro atoms. The number of aliphatic imine (C=N–C) groups is 1. The van der Waals surface area contributed by atoms with Gasteiger partial charge in [-0.3, -0.25) is 9.59 Å². The SMILES string of the molecule is CC1=CC=CN2C1=NC(=O)CC2(C)C(=O)NCc1ccc(C)cc1. The van der Waals surface area contributed by atoms with E-state index >= 15 is 0 Å². The van der Waals surface area contributed by atoms with Crippen LogP contribution in [0.1, 0.15) is 31.4 Å². The average molecular weight is 323 g/mol. The Morgan fingerprint density at radius 3 is 2.71 bits per heavy atom. The van der Waals surface area contributed by atoms with Crippen LogP contribution in [0.25, 0.3) is 0 Å². The molecule has 2 aliphatic heterocycles. The number of rotatable bonds is 3. The highest BCUT2D eigenvalue weighted by atomic mass is 16.2. The van der Waals surface area contributed by atoms with Crippen LogP contribution in [0.3, 0.4) is 0 Å². The van der Waals surface area contributed by atoms with E-state index in [2.05, 4.69) is 10.3 Å². The van der Waals surface area contributed by atoms with Gasteiger partial charge in [-0.05, 0) is 38.0 Å². The maximum absolute atomic E-state index is 12.9. The number of nitrogens with zero attached hydrogens (tertiary/aromatic N) is 2. The van der Waals surface area contributed by atoms with Gasteiger partial charge in [-0.2, -0.15) is 4.99 Å². The average Bonchev–Trinajstić information content (AvgIpc) is 2.55. The molecular formula is C19H21N3O2. The summed E-state index contributed by atoms with van der Waals surface area (Å²) in [6.07, 6.45) is 5.63. The normalized spacial score (nSPS) is 22.6. The molecule has 0 fully saturated rings. The quantitative estimate of drug-likeness (QED) is 0.929. The lowest BCUT2D eigenvalue weighted by Gasteiger charge is -2.42. The molecule has 0 aliphatic carbocycles. The smallest absolute Gasteiger partial charge is 0.250 e. The van der Waals surface area contributed by atoms with Crippen LogP contribution >= 0.6 is 0 Å².